The van der Waals surface area contributed by atoms with Crippen molar-refractivity contribution in [2.75, 3.05) is 20.2 Å². The summed E-state index contributed by atoms with van der Waals surface area (Å²) in [5, 5.41) is 0. The molecular formula is C18H20FNO2. The first-order valence-electron chi connectivity index (χ1n) is 7.23. The fourth-order valence-electron chi connectivity index (χ4n) is 2.07. The van der Waals surface area contributed by atoms with Gasteiger partial charge in [-0.1, -0.05) is 30.3 Å². The molecule has 0 heterocycles. The summed E-state index contributed by atoms with van der Waals surface area (Å²) in [6, 6.07) is 14.1. The molecule has 0 bridgehead atoms. The molecule has 22 heavy (non-hydrogen) atoms. The molecule has 0 aromatic heterocycles. The molecule has 0 spiro atoms. The van der Waals surface area contributed by atoms with Gasteiger partial charge in [-0.05, 0) is 36.2 Å². The van der Waals surface area contributed by atoms with Gasteiger partial charge in [0.15, 0.2) is 0 Å². The second-order valence-electron chi connectivity index (χ2n) is 5.25. The summed E-state index contributed by atoms with van der Waals surface area (Å²) >= 11 is 0. The molecule has 0 saturated heterocycles. The number of hydrogen-bond donors (Lipinski definition) is 0. The van der Waals surface area contributed by atoms with E-state index >= 15 is 0 Å². The number of aryl methyl sites for hydroxylation is 1. The largest absolute Gasteiger partial charge is 0.492 e. The van der Waals surface area contributed by atoms with E-state index in [2.05, 4.69) is 0 Å². The minimum absolute atomic E-state index is 0.0631. The lowest BCUT2D eigenvalue weighted by Crippen LogP contribution is -2.32. The summed E-state index contributed by atoms with van der Waals surface area (Å²) in [6.07, 6.45) is 0.0631. The van der Waals surface area contributed by atoms with Crippen molar-refractivity contribution in [3.63, 3.8) is 0 Å². The lowest BCUT2D eigenvalue weighted by molar-refractivity contribution is -0.129. The van der Waals surface area contributed by atoms with E-state index in [1.165, 1.54) is 6.07 Å². The Morgan fingerprint density at radius 3 is 2.68 bits per heavy atom. The molecule has 0 saturated carbocycles. The zero-order chi connectivity index (χ0) is 15.9. The van der Waals surface area contributed by atoms with Crippen LogP contribution in [0.3, 0.4) is 0 Å². The van der Waals surface area contributed by atoms with E-state index in [9.17, 15) is 9.18 Å². The molecule has 1 amide bonds. The van der Waals surface area contributed by atoms with E-state index in [1.807, 2.05) is 31.2 Å². The molecule has 0 unspecified atom stereocenters. The minimum Gasteiger partial charge on any atom is -0.492 e. The van der Waals surface area contributed by atoms with Crippen LogP contribution in [0.1, 0.15) is 11.1 Å². The molecule has 116 valence electrons. The molecule has 2 aromatic rings. The van der Waals surface area contributed by atoms with Crippen LogP contribution in [0.15, 0.2) is 48.5 Å². The van der Waals surface area contributed by atoms with E-state index in [0.717, 1.165) is 11.3 Å². The Morgan fingerprint density at radius 1 is 1.18 bits per heavy atom. The zero-order valence-corrected chi connectivity index (χ0v) is 12.9. The maximum Gasteiger partial charge on any atom is 0.226 e. The Labute approximate surface area is 130 Å². The number of benzene rings is 2. The second kappa shape index (κ2) is 7.59. The van der Waals surface area contributed by atoms with Crippen molar-refractivity contribution in [1.82, 2.24) is 4.90 Å². The summed E-state index contributed by atoms with van der Waals surface area (Å²) in [5.41, 5.74) is 1.54. The lowest BCUT2D eigenvalue weighted by Gasteiger charge is -2.18. The maximum absolute atomic E-state index is 13.5. The Bertz CT molecular complexity index is 642. The van der Waals surface area contributed by atoms with Crippen LogP contribution in [0.25, 0.3) is 0 Å². The van der Waals surface area contributed by atoms with Crippen LogP contribution in [-0.4, -0.2) is 31.0 Å². The molecule has 4 heteroatoms. The number of halogens is 1. The fraction of sp³-hybridized carbons (Fsp3) is 0.278. The number of likely N-dealkylation sites (N-methyl/N-ethyl adjacent to an activating group) is 1. The van der Waals surface area contributed by atoms with Gasteiger partial charge in [0.05, 0.1) is 13.0 Å². The standard InChI is InChI=1S/C18H20FNO2/c1-14-6-5-8-16(12-14)22-11-10-20(2)18(21)13-15-7-3-4-9-17(15)19/h3-9,12H,10-11,13H2,1-2H3. The third kappa shape index (κ3) is 4.58. The molecule has 2 rings (SSSR count). The minimum atomic E-state index is -0.347. The molecule has 0 aliphatic carbocycles. The normalized spacial score (nSPS) is 10.3. The average molecular weight is 301 g/mol. The lowest BCUT2D eigenvalue weighted by atomic mass is 10.1. The smallest absolute Gasteiger partial charge is 0.226 e. The molecule has 0 fully saturated rings. The Balaban J connectivity index is 1.80. The molecule has 2 aromatic carbocycles. The van der Waals surface area contributed by atoms with E-state index in [4.69, 9.17) is 4.74 Å². The Morgan fingerprint density at radius 2 is 1.95 bits per heavy atom. The van der Waals surface area contributed by atoms with Gasteiger partial charge in [0.2, 0.25) is 5.91 Å². The maximum atomic E-state index is 13.5. The van der Waals surface area contributed by atoms with Crippen molar-refractivity contribution >= 4 is 5.91 Å². The number of hydrogen-bond acceptors (Lipinski definition) is 2. The topological polar surface area (TPSA) is 29.5 Å². The first-order chi connectivity index (χ1) is 10.6. The monoisotopic (exact) mass is 301 g/mol. The highest BCUT2D eigenvalue weighted by Gasteiger charge is 2.12. The van der Waals surface area contributed by atoms with Crippen LogP contribution in [0, 0.1) is 12.7 Å². The molecule has 0 aliphatic rings. The molecule has 3 nitrogen and oxygen atoms in total. The Hall–Kier alpha value is -2.36. The SMILES string of the molecule is Cc1cccc(OCCN(C)C(=O)Cc2ccccc2F)c1. The predicted molar refractivity (Wildman–Crippen MR) is 84.4 cm³/mol. The summed E-state index contributed by atoms with van der Waals surface area (Å²) < 4.78 is 19.1. The van der Waals surface area contributed by atoms with Gasteiger partial charge in [-0.2, -0.15) is 0 Å². The predicted octanol–water partition coefficient (Wildman–Crippen LogP) is 3.21. The first-order valence-corrected chi connectivity index (χ1v) is 7.23. The summed E-state index contributed by atoms with van der Waals surface area (Å²) in [5.74, 6) is 0.313. The van der Waals surface area contributed by atoms with Crippen molar-refractivity contribution in [1.29, 1.82) is 0 Å². The van der Waals surface area contributed by atoms with Gasteiger partial charge in [0.25, 0.3) is 0 Å². The third-order valence-corrected chi connectivity index (χ3v) is 3.41. The summed E-state index contributed by atoms with van der Waals surface area (Å²) in [4.78, 5) is 13.6. The number of rotatable bonds is 6. The van der Waals surface area contributed by atoms with Gasteiger partial charge in [-0.3, -0.25) is 4.79 Å². The van der Waals surface area contributed by atoms with Crippen LogP contribution >= 0.6 is 0 Å². The van der Waals surface area contributed by atoms with E-state index in [1.54, 1.807) is 30.1 Å². The number of carbonyl (C=O) groups is 1. The summed E-state index contributed by atoms with van der Waals surface area (Å²) in [6.45, 7) is 2.86. The fourth-order valence-corrected chi connectivity index (χ4v) is 2.07. The molecule has 0 radical (unpaired) electrons. The van der Waals surface area contributed by atoms with Crippen LogP contribution in [0.2, 0.25) is 0 Å². The highest BCUT2D eigenvalue weighted by molar-refractivity contribution is 5.78. The van der Waals surface area contributed by atoms with E-state index in [-0.39, 0.29) is 18.1 Å². The quantitative estimate of drug-likeness (QED) is 0.820. The van der Waals surface area contributed by atoms with Crippen LogP contribution in [0.5, 0.6) is 5.75 Å². The van der Waals surface area contributed by atoms with Crippen molar-refractivity contribution < 1.29 is 13.9 Å². The number of ether oxygens (including phenoxy) is 1. The first kappa shape index (κ1) is 16.0. The van der Waals surface area contributed by atoms with Gasteiger partial charge < -0.3 is 9.64 Å². The molecule has 0 atom stereocenters. The number of carbonyl (C=O) groups excluding carboxylic acids is 1. The van der Waals surface area contributed by atoms with Crippen molar-refractivity contribution in [3.05, 3.63) is 65.5 Å². The van der Waals surface area contributed by atoms with E-state index in [0.29, 0.717) is 18.7 Å². The van der Waals surface area contributed by atoms with Gasteiger partial charge in [0, 0.05) is 7.05 Å². The Kier molecular flexibility index (Phi) is 5.53. The van der Waals surface area contributed by atoms with Gasteiger partial charge in [-0.15, -0.1) is 0 Å². The highest BCUT2D eigenvalue weighted by atomic mass is 19.1. The molecular weight excluding hydrogens is 281 g/mol. The van der Waals surface area contributed by atoms with Crippen LogP contribution in [-0.2, 0) is 11.2 Å². The van der Waals surface area contributed by atoms with Crippen molar-refractivity contribution in [3.8, 4) is 5.75 Å². The van der Waals surface area contributed by atoms with Gasteiger partial charge >= 0.3 is 0 Å². The number of nitrogens with zero attached hydrogens (tertiary/aromatic N) is 1. The van der Waals surface area contributed by atoms with Gasteiger partial charge in [-0.25, -0.2) is 4.39 Å². The molecule has 0 N–H and O–H groups in total. The van der Waals surface area contributed by atoms with Crippen LogP contribution in [0.4, 0.5) is 4.39 Å². The van der Waals surface area contributed by atoms with Crippen molar-refractivity contribution in [2.45, 2.75) is 13.3 Å². The summed E-state index contributed by atoms with van der Waals surface area (Å²) in [7, 11) is 1.70. The van der Waals surface area contributed by atoms with Crippen LogP contribution < -0.4 is 4.74 Å². The molecule has 0 aliphatic heterocycles. The van der Waals surface area contributed by atoms with Crippen molar-refractivity contribution in [2.24, 2.45) is 0 Å². The third-order valence-electron chi connectivity index (χ3n) is 3.41. The zero-order valence-electron chi connectivity index (χ0n) is 12.9. The second-order valence-corrected chi connectivity index (χ2v) is 5.25. The average Bonchev–Trinajstić information content (AvgIpc) is 2.49. The highest BCUT2D eigenvalue weighted by Crippen LogP contribution is 2.12. The number of amides is 1. The van der Waals surface area contributed by atoms with E-state index < -0.39 is 0 Å². The van der Waals surface area contributed by atoms with Gasteiger partial charge in [0.1, 0.15) is 18.2 Å².